The van der Waals surface area contributed by atoms with Crippen LogP contribution >= 0.6 is 0 Å². The molecule has 0 unspecified atom stereocenters. The van der Waals surface area contributed by atoms with Gasteiger partial charge in [-0.1, -0.05) is 54.6 Å². The number of hydrogen-bond acceptors (Lipinski definition) is 2. The number of aliphatic hydroxyl groups excluding tert-OH is 1. The number of hydrogen-bond donors (Lipinski definition) is 2. The zero-order valence-corrected chi connectivity index (χ0v) is 9.67. The maximum Gasteiger partial charge on any atom is 0.146 e. The first kappa shape index (κ1) is 10.1. The summed E-state index contributed by atoms with van der Waals surface area (Å²) in [5, 5.41) is 21.2. The van der Waals surface area contributed by atoms with Gasteiger partial charge < -0.3 is 10.2 Å². The summed E-state index contributed by atoms with van der Waals surface area (Å²) in [4.78, 5) is 0. The van der Waals surface area contributed by atoms with Crippen molar-refractivity contribution in [3.05, 3.63) is 65.2 Å². The maximum atomic E-state index is 11.0. The van der Waals surface area contributed by atoms with Gasteiger partial charge >= 0.3 is 0 Å². The van der Waals surface area contributed by atoms with E-state index in [1.807, 2.05) is 48.5 Å². The van der Waals surface area contributed by atoms with Crippen molar-refractivity contribution in [1.29, 1.82) is 0 Å². The van der Waals surface area contributed by atoms with Crippen LogP contribution in [0.1, 0.15) is 16.7 Å². The van der Waals surface area contributed by atoms with Crippen molar-refractivity contribution < 1.29 is 10.2 Å². The fourth-order valence-electron chi connectivity index (χ4n) is 3.19. The monoisotopic (exact) mass is 236 g/mol. The van der Waals surface area contributed by atoms with Crippen LogP contribution in [0.2, 0.25) is 0 Å². The maximum absolute atomic E-state index is 11.0. The summed E-state index contributed by atoms with van der Waals surface area (Å²) in [6.07, 6.45) is 2.65. The topological polar surface area (TPSA) is 40.5 Å². The highest BCUT2D eigenvalue weighted by Crippen LogP contribution is 2.52. The fraction of sp³-hybridized carbons (Fsp3) is 0.125. The zero-order valence-electron chi connectivity index (χ0n) is 9.67. The summed E-state index contributed by atoms with van der Waals surface area (Å²) in [6, 6.07) is 13.7. The second-order valence-corrected chi connectivity index (χ2v) is 4.89. The summed E-state index contributed by atoms with van der Waals surface area (Å²) < 4.78 is 0. The van der Waals surface area contributed by atoms with Crippen LogP contribution in [0.25, 0.3) is 17.2 Å². The molecule has 0 spiro atoms. The third-order valence-corrected chi connectivity index (χ3v) is 3.99. The van der Waals surface area contributed by atoms with Gasteiger partial charge in [0.15, 0.2) is 0 Å². The number of rotatable bonds is 0. The third-order valence-electron chi connectivity index (χ3n) is 3.99. The highest BCUT2D eigenvalue weighted by atomic mass is 16.3. The van der Waals surface area contributed by atoms with Gasteiger partial charge in [-0.25, -0.2) is 0 Å². The molecular weight excluding hydrogens is 224 g/mol. The number of aliphatic hydroxyl groups is 2. The van der Waals surface area contributed by atoms with Crippen molar-refractivity contribution in [3.63, 3.8) is 0 Å². The van der Waals surface area contributed by atoms with Crippen molar-refractivity contribution >= 4 is 6.08 Å². The second-order valence-electron chi connectivity index (χ2n) is 4.89. The molecule has 0 bridgehead atoms. The molecule has 18 heavy (non-hydrogen) atoms. The first-order valence-electron chi connectivity index (χ1n) is 6.05. The lowest BCUT2D eigenvalue weighted by Crippen LogP contribution is -2.39. The normalized spacial score (nSPS) is 26.9. The van der Waals surface area contributed by atoms with E-state index in [9.17, 15) is 10.2 Å². The zero-order chi connectivity index (χ0) is 12.3. The number of benzene rings is 2. The molecule has 2 N–H and O–H groups in total. The lowest BCUT2D eigenvalue weighted by Gasteiger charge is -2.33. The van der Waals surface area contributed by atoms with Gasteiger partial charge in [-0.2, -0.15) is 0 Å². The predicted octanol–water partition coefficient (Wildman–Crippen LogP) is 2.29. The quantitative estimate of drug-likeness (QED) is 0.736. The Balaban J connectivity index is 2.19. The summed E-state index contributed by atoms with van der Waals surface area (Å²) in [5.41, 5.74) is 3.35. The van der Waals surface area contributed by atoms with Crippen molar-refractivity contribution in [2.24, 2.45) is 0 Å². The highest BCUT2D eigenvalue weighted by molar-refractivity contribution is 5.85. The van der Waals surface area contributed by atoms with Crippen LogP contribution in [-0.4, -0.2) is 16.3 Å². The first-order valence-corrected chi connectivity index (χ1v) is 6.05. The Kier molecular flexibility index (Phi) is 1.74. The molecule has 2 aliphatic rings. The van der Waals surface area contributed by atoms with Gasteiger partial charge in [-0.05, 0) is 22.3 Å². The molecule has 2 nitrogen and oxygen atoms in total. The highest BCUT2D eigenvalue weighted by Gasteiger charge is 2.48. The second kappa shape index (κ2) is 3.10. The molecular formula is C16H12O2. The fourth-order valence-corrected chi connectivity index (χ4v) is 3.19. The molecule has 88 valence electrons. The predicted molar refractivity (Wildman–Crippen MR) is 69.9 cm³/mol. The van der Waals surface area contributed by atoms with Crippen LogP contribution in [0.4, 0.5) is 0 Å². The van der Waals surface area contributed by atoms with Gasteiger partial charge in [-0.15, -0.1) is 0 Å². The largest absolute Gasteiger partial charge is 0.385 e. The van der Waals surface area contributed by atoms with Gasteiger partial charge in [0.1, 0.15) is 11.7 Å². The molecule has 2 aliphatic carbocycles. The minimum atomic E-state index is -1.29. The molecule has 0 fully saturated rings. The Morgan fingerprint density at radius 2 is 1.72 bits per heavy atom. The van der Waals surface area contributed by atoms with Crippen LogP contribution in [0, 0.1) is 0 Å². The molecule has 0 aliphatic heterocycles. The molecule has 0 aromatic heterocycles. The average Bonchev–Trinajstić information content (AvgIpc) is 2.68. The van der Waals surface area contributed by atoms with Crippen LogP contribution in [-0.2, 0) is 5.60 Å². The van der Waals surface area contributed by atoms with Crippen LogP contribution in [0.5, 0.6) is 0 Å². The van der Waals surface area contributed by atoms with Crippen molar-refractivity contribution in [2.45, 2.75) is 11.7 Å². The Labute approximate surface area is 105 Å². The van der Waals surface area contributed by atoms with E-state index in [-0.39, 0.29) is 0 Å². The molecule has 0 saturated carbocycles. The minimum Gasteiger partial charge on any atom is -0.385 e. The van der Waals surface area contributed by atoms with E-state index in [0.29, 0.717) is 0 Å². The van der Waals surface area contributed by atoms with Gasteiger partial charge in [0.05, 0.1) is 0 Å². The SMILES string of the molecule is O[C@H]1C=Cc2cccc3c2[C@@]1(O)c1ccccc1-3. The molecule has 2 aromatic carbocycles. The molecule has 2 aromatic rings. The standard InChI is InChI=1S/C16H12O2/c17-14-9-8-10-4-3-6-12-11-5-1-2-7-13(11)16(14,18)15(10)12/h1-9,14,17-18H/t14-,16+/m0/s1. The smallest absolute Gasteiger partial charge is 0.146 e. The first-order chi connectivity index (χ1) is 8.73. The molecule has 4 rings (SSSR count). The van der Waals surface area contributed by atoms with Crippen LogP contribution in [0.15, 0.2) is 48.5 Å². The summed E-state index contributed by atoms with van der Waals surface area (Å²) in [6.45, 7) is 0. The van der Waals surface area contributed by atoms with E-state index >= 15 is 0 Å². The Morgan fingerprint density at radius 3 is 2.61 bits per heavy atom. The van der Waals surface area contributed by atoms with Crippen LogP contribution in [0.3, 0.4) is 0 Å². The Bertz CT molecular complexity index is 687. The van der Waals surface area contributed by atoms with Gasteiger partial charge in [0, 0.05) is 5.56 Å². The molecule has 0 radical (unpaired) electrons. The molecule has 0 saturated heterocycles. The van der Waals surface area contributed by atoms with Crippen molar-refractivity contribution in [3.8, 4) is 11.1 Å². The van der Waals surface area contributed by atoms with E-state index < -0.39 is 11.7 Å². The number of fused-ring (bicyclic) bond motifs is 3. The lowest BCUT2D eigenvalue weighted by molar-refractivity contribution is -0.0220. The van der Waals surface area contributed by atoms with E-state index in [2.05, 4.69) is 0 Å². The van der Waals surface area contributed by atoms with Gasteiger partial charge in [-0.3, -0.25) is 0 Å². The molecule has 2 heteroatoms. The van der Waals surface area contributed by atoms with Crippen molar-refractivity contribution in [2.75, 3.05) is 0 Å². The lowest BCUT2D eigenvalue weighted by atomic mass is 9.80. The minimum absolute atomic E-state index is 0.796. The molecule has 0 heterocycles. The average molecular weight is 236 g/mol. The van der Waals surface area contributed by atoms with Crippen molar-refractivity contribution in [1.82, 2.24) is 0 Å². The molecule has 2 atom stereocenters. The third kappa shape index (κ3) is 0.964. The van der Waals surface area contributed by atoms with Crippen LogP contribution < -0.4 is 0 Å². The van der Waals surface area contributed by atoms with E-state index in [1.165, 1.54) is 0 Å². The summed E-state index contributed by atoms with van der Waals surface area (Å²) in [7, 11) is 0. The van der Waals surface area contributed by atoms with E-state index in [4.69, 9.17) is 0 Å². The van der Waals surface area contributed by atoms with Gasteiger partial charge in [0.2, 0.25) is 0 Å². The summed E-state index contributed by atoms with van der Waals surface area (Å²) >= 11 is 0. The van der Waals surface area contributed by atoms with E-state index in [0.717, 1.165) is 27.8 Å². The Morgan fingerprint density at radius 1 is 0.944 bits per heavy atom. The summed E-state index contributed by atoms with van der Waals surface area (Å²) in [5.74, 6) is 0. The van der Waals surface area contributed by atoms with E-state index in [1.54, 1.807) is 6.08 Å². The Hall–Kier alpha value is -1.90. The van der Waals surface area contributed by atoms with Gasteiger partial charge in [0.25, 0.3) is 0 Å². The molecule has 0 amide bonds.